The Hall–Kier alpha value is -1.78. The maximum Gasteiger partial charge on any atom is 0.315 e. The quantitative estimate of drug-likeness (QED) is 0.657. The summed E-state index contributed by atoms with van der Waals surface area (Å²) in [7, 11) is 0. The molecule has 5 nitrogen and oxygen atoms in total. The van der Waals surface area contributed by atoms with E-state index in [4.69, 9.17) is 0 Å². The van der Waals surface area contributed by atoms with Gasteiger partial charge in [0, 0.05) is 19.6 Å². The van der Waals surface area contributed by atoms with Crippen LogP contribution in [0.15, 0.2) is 18.2 Å². The Kier molecular flexibility index (Phi) is 4.70. The summed E-state index contributed by atoms with van der Waals surface area (Å²) in [5.74, 6) is 0. The largest absolute Gasteiger partial charge is 0.379 e. The summed E-state index contributed by atoms with van der Waals surface area (Å²) < 4.78 is 0. The predicted octanol–water partition coefficient (Wildman–Crippen LogP) is 4.04. The van der Waals surface area contributed by atoms with Crippen LogP contribution in [-0.4, -0.2) is 24.6 Å². The second-order valence-corrected chi connectivity index (χ2v) is 6.51. The molecule has 1 heterocycles. The number of rotatable bonds is 5. The molecule has 1 aromatic carbocycles. The van der Waals surface area contributed by atoms with Gasteiger partial charge in [-0.05, 0) is 36.8 Å². The molecule has 0 saturated carbocycles. The average molecular weight is 291 g/mol. The van der Waals surface area contributed by atoms with E-state index in [0.29, 0.717) is 11.1 Å². The fourth-order valence-electron chi connectivity index (χ4n) is 2.73. The molecule has 0 aromatic heterocycles. The molecule has 116 valence electrons. The van der Waals surface area contributed by atoms with Crippen molar-refractivity contribution in [3.05, 3.63) is 28.3 Å². The van der Waals surface area contributed by atoms with Gasteiger partial charge in [-0.1, -0.05) is 26.8 Å². The standard InChI is InChI=1S/C16H25N3O2/c1-4-10-17-13-6-5-7-14(15(13)19(20)21)18-11-8-16(2,3)9-12-18/h5-7,17H,4,8-12H2,1-3H3. The van der Waals surface area contributed by atoms with Gasteiger partial charge in [-0.2, -0.15) is 0 Å². The van der Waals surface area contributed by atoms with Gasteiger partial charge in [0.1, 0.15) is 11.4 Å². The average Bonchev–Trinajstić information content (AvgIpc) is 2.44. The number of nitro groups is 1. The van der Waals surface area contributed by atoms with Crippen molar-refractivity contribution in [2.24, 2.45) is 5.41 Å². The number of hydrogen-bond acceptors (Lipinski definition) is 4. The van der Waals surface area contributed by atoms with E-state index >= 15 is 0 Å². The van der Waals surface area contributed by atoms with Crippen LogP contribution in [0.2, 0.25) is 0 Å². The van der Waals surface area contributed by atoms with E-state index in [2.05, 4.69) is 31.0 Å². The minimum absolute atomic E-state index is 0.214. The van der Waals surface area contributed by atoms with E-state index in [1.165, 1.54) is 0 Å². The Morgan fingerprint density at radius 3 is 2.57 bits per heavy atom. The molecule has 5 heteroatoms. The molecule has 1 saturated heterocycles. The highest BCUT2D eigenvalue weighted by molar-refractivity contribution is 5.77. The highest BCUT2D eigenvalue weighted by Gasteiger charge is 2.30. The third-order valence-corrected chi connectivity index (χ3v) is 4.22. The van der Waals surface area contributed by atoms with Crippen LogP contribution >= 0.6 is 0 Å². The first-order chi connectivity index (χ1) is 9.94. The number of piperidine rings is 1. The fraction of sp³-hybridized carbons (Fsp3) is 0.625. The van der Waals surface area contributed by atoms with E-state index < -0.39 is 0 Å². The zero-order valence-corrected chi connectivity index (χ0v) is 13.2. The molecule has 1 aromatic rings. The third-order valence-electron chi connectivity index (χ3n) is 4.22. The van der Waals surface area contributed by atoms with Crippen molar-refractivity contribution in [1.82, 2.24) is 0 Å². The van der Waals surface area contributed by atoms with E-state index in [0.717, 1.165) is 44.6 Å². The van der Waals surface area contributed by atoms with Gasteiger partial charge < -0.3 is 10.2 Å². The lowest BCUT2D eigenvalue weighted by molar-refractivity contribution is -0.383. The molecule has 1 fully saturated rings. The van der Waals surface area contributed by atoms with Gasteiger partial charge in [-0.25, -0.2) is 0 Å². The van der Waals surface area contributed by atoms with Crippen LogP contribution in [0.1, 0.15) is 40.0 Å². The van der Waals surface area contributed by atoms with Crippen molar-refractivity contribution in [3.63, 3.8) is 0 Å². The van der Waals surface area contributed by atoms with Gasteiger partial charge in [0.05, 0.1) is 4.92 Å². The number of nitro benzene ring substituents is 1. The molecule has 0 atom stereocenters. The lowest BCUT2D eigenvalue weighted by atomic mass is 9.82. The molecule has 0 aliphatic carbocycles. The van der Waals surface area contributed by atoms with Gasteiger partial charge in [0.15, 0.2) is 0 Å². The summed E-state index contributed by atoms with van der Waals surface area (Å²) in [5, 5.41) is 14.7. The highest BCUT2D eigenvalue weighted by Crippen LogP contribution is 2.39. The Labute approximate surface area is 126 Å². The zero-order valence-electron chi connectivity index (χ0n) is 13.2. The lowest BCUT2D eigenvalue weighted by Crippen LogP contribution is -2.37. The molecule has 1 aliphatic heterocycles. The second kappa shape index (κ2) is 6.33. The number of nitrogens with zero attached hydrogens (tertiary/aromatic N) is 2. The van der Waals surface area contributed by atoms with Crippen molar-refractivity contribution >= 4 is 17.1 Å². The monoisotopic (exact) mass is 291 g/mol. The Morgan fingerprint density at radius 2 is 2.00 bits per heavy atom. The number of para-hydroxylation sites is 1. The van der Waals surface area contributed by atoms with E-state index in [1.54, 1.807) is 6.07 Å². The third kappa shape index (κ3) is 3.65. The van der Waals surface area contributed by atoms with Crippen LogP contribution in [0.25, 0.3) is 0 Å². The van der Waals surface area contributed by atoms with Crippen molar-refractivity contribution in [3.8, 4) is 0 Å². The SMILES string of the molecule is CCCNc1cccc(N2CCC(C)(C)CC2)c1[N+](=O)[O-]. The Bertz CT molecular complexity index is 504. The van der Waals surface area contributed by atoms with Crippen LogP contribution in [0.3, 0.4) is 0 Å². The normalized spacial score (nSPS) is 17.6. The lowest BCUT2D eigenvalue weighted by Gasteiger charge is -2.38. The summed E-state index contributed by atoms with van der Waals surface area (Å²) in [6.07, 6.45) is 3.08. The van der Waals surface area contributed by atoms with Crippen molar-refractivity contribution in [1.29, 1.82) is 0 Å². The molecule has 1 N–H and O–H groups in total. The molecule has 21 heavy (non-hydrogen) atoms. The first-order valence-electron chi connectivity index (χ1n) is 7.71. The summed E-state index contributed by atoms with van der Waals surface area (Å²) in [5.41, 5.74) is 1.93. The molecular formula is C16H25N3O2. The Balaban J connectivity index is 2.28. The maximum atomic E-state index is 11.5. The summed E-state index contributed by atoms with van der Waals surface area (Å²) in [4.78, 5) is 13.4. The van der Waals surface area contributed by atoms with Crippen LogP contribution in [0.4, 0.5) is 17.1 Å². The zero-order chi connectivity index (χ0) is 15.5. The predicted molar refractivity (Wildman–Crippen MR) is 87.1 cm³/mol. The van der Waals surface area contributed by atoms with Gasteiger partial charge >= 0.3 is 5.69 Å². The highest BCUT2D eigenvalue weighted by atomic mass is 16.6. The van der Waals surface area contributed by atoms with Crippen LogP contribution in [0.5, 0.6) is 0 Å². The second-order valence-electron chi connectivity index (χ2n) is 6.51. The minimum Gasteiger partial charge on any atom is -0.379 e. The van der Waals surface area contributed by atoms with Crippen molar-refractivity contribution in [2.45, 2.75) is 40.0 Å². The topological polar surface area (TPSA) is 58.4 Å². The molecule has 0 unspecified atom stereocenters. The van der Waals surface area contributed by atoms with Crippen LogP contribution in [-0.2, 0) is 0 Å². The van der Waals surface area contributed by atoms with Crippen LogP contribution < -0.4 is 10.2 Å². The van der Waals surface area contributed by atoms with E-state index in [9.17, 15) is 10.1 Å². The molecular weight excluding hydrogens is 266 g/mol. The smallest absolute Gasteiger partial charge is 0.315 e. The molecule has 2 rings (SSSR count). The number of nitrogens with one attached hydrogen (secondary N) is 1. The van der Waals surface area contributed by atoms with Gasteiger partial charge in [-0.3, -0.25) is 10.1 Å². The summed E-state index contributed by atoms with van der Waals surface area (Å²) in [6.45, 7) is 9.08. The van der Waals surface area contributed by atoms with E-state index in [-0.39, 0.29) is 10.6 Å². The van der Waals surface area contributed by atoms with Gasteiger partial charge in [0.25, 0.3) is 0 Å². The molecule has 0 amide bonds. The van der Waals surface area contributed by atoms with Gasteiger partial charge in [-0.15, -0.1) is 0 Å². The molecule has 0 spiro atoms. The first kappa shape index (κ1) is 15.6. The van der Waals surface area contributed by atoms with Crippen molar-refractivity contribution in [2.75, 3.05) is 29.9 Å². The number of anilines is 2. The Morgan fingerprint density at radius 1 is 1.33 bits per heavy atom. The van der Waals surface area contributed by atoms with E-state index in [1.807, 2.05) is 12.1 Å². The molecule has 0 radical (unpaired) electrons. The minimum atomic E-state index is -0.257. The van der Waals surface area contributed by atoms with Gasteiger partial charge in [0.2, 0.25) is 0 Å². The maximum absolute atomic E-state index is 11.5. The summed E-state index contributed by atoms with van der Waals surface area (Å²) in [6, 6.07) is 5.57. The molecule has 0 bridgehead atoms. The molecule has 1 aliphatic rings. The fourth-order valence-corrected chi connectivity index (χ4v) is 2.73. The summed E-state index contributed by atoms with van der Waals surface area (Å²) >= 11 is 0. The van der Waals surface area contributed by atoms with Crippen LogP contribution in [0, 0.1) is 15.5 Å². The number of hydrogen-bond donors (Lipinski definition) is 1. The number of benzene rings is 1. The first-order valence-corrected chi connectivity index (χ1v) is 7.71. The van der Waals surface area contributed by atoms with Crippen molar-refractivity contribution < 1.29 is 4.92 Å².